The Morgan fingerprint density at radius 3 is 2.65 bits per heavy atom. The molecule has 1 aromatic rings. The molecule has 1 N–H and O–H groups in total. The number of rotatable bonds is 5. The number of ether oxygens (including phenoxy) is 1. The topological polar surface area (TPSA) is 99.0 Å². The molecule has 1 aromatic heterocycles. The zero-order valence-electron chi connectivity index (χ0n) is 12.2. The van der Waals surface area contributed by atoms with Crippen LogP contribution in [0.3, 0.4) is 0 Å². The highest BCUT2D eigenvalue weighted by atomic mass is 32.2. The molecule has 112 valence electrons. The highest BCUT2D eigenvalue weighted by Crippen LogP contribution is 2.20. The lowest BCUT2D eigenvalue weighted by Gasteiger charge is -2.22. The van der Waals surface area contributed by atoms with E-state index in [1.807, 2.05) is 20.8 Å². The maximum atomic E-state index is 12.0. The van der Waals surface area contributed by atoms with E-state index in [0.717, 1.165) is 0 Å². The predicted octanol–water partition coefficient (Wildman–Crippen LogP) is 0.241. The van der Waals surface area contributed by atoms with E-state index in [1.54, 1.807) is 6.92 Å². The van der Waals surface area contributed by atoms with E-state index in [9.17, 15) is 9.59 Å². The molecule has 0 bridgehead atoms. The molecule has 0 saturated carbocycles. The summed E-state index contributed by atoms with van der Waals surface area (Å²) in [6, 6.07) is 0. The van der Waals surface area contributed by atoms with Gasteiger partial charge in [-0.2, -0.15) is 0 Å². The lowest BCUT2D eigenvalue weighted by Crippen LogP contribution is -2.44. The van der Waals surface area contributed by atoms with Crippen molar-refractivity contribution < 1.29 is 14.3 Å². The molecule has 0 radical (unpaired) electrons. The van der Waals surface area contributed by atoms with Gasteiger partial charge >= 0.3 is 5.97 Å². The van der Waals surface area contributed by atoms with Crippen molar-refractivity contribution in [2.24, 2.45) is 0 Å². The van der Waals surface area contributed by atoms with E-state index in [1.165, 1.54) is 23.6 Å². The van der Waals surface area contributed by atoms with E-state index < -0.39 is 5.97 Å². The van der Waals surface area contributed by atoms with Crippen molar-refractivity contribution in [1.82, 2.24) is 25.5 Å². The van der Waals surface area contributed by atoms with Gasteiger partial charge in [0.15, 0.2) is 0 Å². The summed E-state index contributed by atoms with van der Waals surface area (Å²) in [6.45, 7) is 7.39. The van der Waals surface area contributed by atoms with E-state index in [0.29, 0.717) is 5.16 Å². The molecule has 1 rings (SSSR count). The number of nitrogens with one attached hydrogen (secondary N) is 1. The van der Waals surface area contributed by atoms with Crippen molar-refractivity contribution in [1.29, 1.82) is 0 Å². The summed E-state index contributed by atoms with van der Waals surface area (Å²) in [5.74, 6) is -0.568. The first-order valence-corrected chi connectivity index (χ1v) is 6.92. The van der Waals surface area contributed by atoms with Gasteiger partial charge in [0.25, 0.3) is 0 Å². The standard InChI is InChI=1S/C11H19N5O3S/c1-7(9(18)12-11(2,3)4)20-10-13-14-15-16(10)6-8(17)19-5/h7H,6H2,1-5H3,(H,12,18). The van der Waals surface area contributed by atoms with Crippen molar-refractivity contribution in [3.63, 3.8) is 0 Å². The van der Waals surface area contributed by atoms with Crippen LogP contribution in [0.5, 0.6) is 0 Å². The third-order valence-corrected chi connectivity index (χ3v) is 3.23. The Labute approximate surface area is 121 Å². The summed E-state index contributed by atoms with van der Waals surface area (Å²) in [7, 11) is 1.29. The number of carbonyl (C=O) groups excluding carboxylic acids is 2. The summed E-state index contributed by atoms with van der Waals surface area (Å²) in [6.07, 6.45) is 0. The van der Waals surface area contributed by atoms with Crippen molar-refractivity contribution in [3.8, 4) is 0 Å². The van der Waals surface area contributed by atoms with Gasteiger partial charge in [-0.25, -0.2) is 4.68 Å². The van der Waals surface area contributed by atoms with Gasteiger partial charge < -0.3 is 10.1 Å². The van der Waals surface area contributed by atoms with Gasteiger partial charge in [0, 0.05) is 5.54 Å². The van der Waals surface area contributed by atoms with Crippen LogP contribution >= 0.6 is 11.8 Å². The van der Waals surface area contributed by atoms with Gasteiger partial charge in [0.05, 0.1) is 12.4 Å². The number of amides is 1. The first kappa shape index (κ1) is 16.4. The van der Waals surface area contributed by atoms with Crippen molar-refractivity contribution in [3.05, 3.63) is 0 Å². The van der Waals surface area contributed by atoms with Crippen molar-refractivity contribution in [2.75, 3.05) is 7.11 Å². The van der Waals surface area contributed by atoms with Crippen LogP contribution in [0.15, 0.2) is 5.16 Å². The van der Waals surface area contributed by atoms with E-state index >= 15 is 0 Å². The number of tetrazole rings is 1. The first-order chi connectivity index (χ1) is 9.23. The average molecular weight is 301 g/mol. The second-order valence-electron chi connectivity index (χ2n) is 5.19. The molecule has 9 heteroatoms. The lowest BCUT2D eigenvalue weighted by atomic mass is 10.1. The predicted molar refractivity (Wildman–Crippen MR) is 73.0 cm³/mol. The maximum absolute atomic E-state index is 12.0. The number of thioether (sulfide) groups is 1. The van der Waals surface area contributed by atoms with Gasteiger partial charge in [0.2, 0.25) is 11.1 Å². The molecule has 20 heavy (non-hydrogen) atoms. The monoisotopic (exact) mass is 301 g/mol. The van der Waals surface area contributed by atoms with Crippen LogP contribution in [0.4, 0.5) is 0 Å². The third-order valence-electron chi connectivity index (χ3n) is 2.16. The number of carbonyl (C=O) groups is 2. The number of hydrogen-bond donors (Lipinski definition) is 1. The number of nitrogens with zero attached hydrogens (tertiary/aromatic N) is 4. The third kappa shape index (κ3) is 5.16. The fourth-order valence-corrected chi connectivity index (χ4v) is 2.04. The normalized spacial score (nSPS) is 12.8. The highest BCUT2D eigenvalue weighted by Gasteiger charge is 2.22. The summed E-state index contributed by atoms with van der Waals surface area (Å²) >= 11 is 1.19. The Hall–Kier alpha value is -1.64. The smallest absolute Gasteiger partial charge is 0.327 e. The number of methoxy groups -OCH3 is 1. The van der Waals surface area contributed by atoms with Gasteiger partial charge in [0.1, 0.15) is 6.54 Å². The van der Waals surface area contributed by atoms with E-state index in [-0.39, 0.29) is 23.2 Å². The number of hydrogen-bond acceptors (Lipinski definition) is 7. The van der Waals surface area contributed by atoms with Crippen LogP contribution in [0.1, 0.15) is 27.7 Å². The summed E-state index contributed by atoms with van der Waals surface area (Å²) < 4.78 is 5.86. The average Bonchev–Trinajstić information content (AvgIpc) is 2.74. The SMILES string of the molecule is COC(=O)Cn1nnnc1SC(C)C(=O)NC(C)(C)C. The quantitative estimate of drug-likeness (QED) is 0.614. The Kier molecular flexibility index (Phi) is 5.49. The molecule has 0 aliphatic carbocycles. The molecule has 0 aromatic carbocycles. The molecule has 0 aliphatic rings. The van der Waals surface area contributed by atoms with Crippen LogP contribution < -0.4 is 5.32 Å². The molecular formula is C11H19N5O3S. The number of esters is 1. The molecule has 0 spiro atoms. The molecule has 1 amide bonds. The summed E-state index contributed by atoms with van der Waals surface area (Å²) in [5.41, 5.74) is -0.302. The lowest BCUT2D eigenvalue weighted by molar-refractivity contribution is -0.141. The van der Waals surface area contributed by atoms with Gasteiger partial charge in [-0.15, -0.1) is 5.10 Å². The fraction of sp³-hybridized carbons (Fsp3) is 0.727. The zero-order valence-corrected chi connectivity index (χ0v) is 13.0. The van der Waals surface area contributed by atoms with Crippen LogP contribution in [0, 0.1) is 0 Å². The van der Waals surface area contributed by atoms with Crippen molar-refractivity contribution >= 4 is 23.6 Å². The molecule has 1 heterocycles. The van der Waals surface area contributed by atoms with Gasteiger partial charge in [-0.05, 0) is 38.1 Å². The maximum Gasteiger partial charge on any atom is 0.327 e. The fourth-order valence-electron chi connectivity index (χ4n) is 1.25. The molecule has 0 saturated heterocycles. The second kappa shape index (κ2) is 6.69. The molecule has 8 nitrogen and oxygen atoms in total. The minimum Gasteiger partial charge on any atom is -0.468 e. The largest absolute Gasteiger partial charge is 0.468 e. The van der Waals surface area contributed by atoms with Gasteiger partial charge in [-0.1, -0.05) is 11.8 Å². The molecule has 0 aliphatic heterocycles. The Morgan fingerprint density at radius 2 is 2.10 bits per heavy atom. The molecule has 0 fully saturated rings. The molecule has 1 unspecified atom stereocenters. The van der Waals surface area contributed by atoms with E-state index in [4.69, 9.17) is 0 Å². The first-order valence-electron chi connectivity index (χ1n) is 6.04. The minimum absolute atomic E-state index is 0.0839. The zero-order chi connectivity index (χ0) is 15.3. The summed E-state index contributed by atoms with van der Waals surface area (Å²) in [5, 5.41) is 13.9. The van der Waals surface area contributed by atoms with Gasteiger partial charge in [-0.3, -0.25) is 9.59 Å². The van der Waals surface area contributed by atoms with Crippen LogP contribution in [0.2, 0.25) is 0 Å². The van der Waals surface area contributed by atoms with Crippen LogP contribution in [0.25, 0.3) is 0 Å². The van der Waals surface area contributed by atoms with Crippen LogP contribution in [-0.4, -0.2) is 50.0 Å². The van der Waals surface area contributed by atoms with Crippen LogP contribution in [-0.2, 0) is 20.9 Å². The second-order valence-corrected chi connectivity index (χ2v) is 6.50. The minimum atomic E-state index is -0.453. The summed E-state index contributed by atoms with van der Waals surface area (Å²) in [4.78, 5) is 23.2. The Morgan fingerprint density at radius 1 is 1.45 bits per heavy atom. The Bertz CT molecular complexity index is 483. The number of aromatic nitrogens is 4. The van der Waals surface area contributed by atoms with Crippen molar-refractivity contribution in [2.45, 2.75) is 50.2 Å². The molecular weight excluding hydrogens is 282 g/mol. The highest BCUT2D eigenvalue weighted by molar-refractivity contribution is 8.00. The Balaban J connectivity index is 2.67. The van der Waals surface area contributed by atoms with E-state index in [2.05, 4.69) is 25.6 Å². The molecule has 1 atom stereocenters.